The van der Waals surface area contributed by atoms with Crippen molar-refractivity contribution in [3.8, 4) is 0 Å². The molecule has 1 fully saturated rings. The Kier molecular flexibility index (Phi) is 5.44. The van der Waals surface area contributed by atoms with Crippen LogP contribution in [0.1, 0.15) is 29.8 Å². The van der Waals surface area contributed by atoms with Crippen LogP contribution in [-0.4, -0.2) is 34.6 Å². The first-order valence-electron chi connectivity index (χ1n) is 5.75. The van der Waals surface area contributed by atoms with Gasteiger partial charge in [0.25, 0.3) is 5.91 Å². The molecule has 0 radical (unpaired) electrons. The molecule has 1 aliphatic heterocycles. The minimum Gasteiger partial charge on any atom is -0.351 e. The number of carbonyl (C=O) groups is 1. The van der Waals surface area contributed by atoms with Gasteiger partial charge in [0, 0.05) is 19.6 Å². The van der Waals surface area contributed by atoms with Crippen LogP contribution in [0.3, 0.4) is 0 Å². The second-order valence-electron chi connectivity index (χ2n) is 4.23. The molecule has 1 atom stereocenters. The summed E-state index contributed by atoms with van der Waals surface area (Å²) in [7, 11) is 1.82. The number of halogens is 1. The summed E-state index contributed by atoms with van der Waals surface area (Å²) in [4.78, 5) is 15.6. The molecule has 17 heavy (non-hydrogen) atoms. The highest BCUT2D eigenvalue weighted by Crippen LogP contribution is 2.07. The number of aromatic nitrogens is 2. The fourth-order valence-electron chi connectivity index (χ4n) is 2.03. The summed E-state index contributed by atoms with van der Waals surface area (Å²) in [5, 5.41) is 6.32. The molecular formula is C11H19ClN4O. The summed E-state index contributed by atoms with van der Waals surface area (Å²) in [5.74, 6) is -0.0435. The highest BCUT2D eigenvalue weighted by atomic mass is 35.5. The van der Waals surface area contributed by atoms with Crippen LogP contribution in [0.25, 0.3) is 0 Å². The molecule has 6 heteroatoms. The van der Waals surface area contributed by atoms with E-state index in [2.05, 4.69) is 15.6 Å². The number of hydrogen-bond acceptors (Lipinski definition) is 3. The summed E-state index contributed by atoms with van der Waals surface area (Å²) < 4.78 is 1.73. The number of hydrogen-bond donors (Lipinski definition) is 2. The van der Waals surface area contributed by atoms with E-state index in [-0.39, 0.29) is 18.3 Å². The van der Waals surface area contributed by atoms with Crippen molar-refractivity contribution < 1.29 is 4.79 Å². The summed E-state index contributed by atoms with van der Waals surface area (Å²) in [6, 6.07) is 0.576. The molecule has 1 aromatic heterocycles. The Hall–Kier alpha value is -1.07. The fourth-order valence-corrected chi connectivity index (χ4v) is 2.03. The minimum absolute atomic E-state index is 0. The van der Waals surface area contributed by atoms with Crippen molar-refractivity contribution in [1.29, 1.82) is 0 Å². The lowest BCUT2D eigenvalue weighted by Gasteiger charge is -2.10. The third kappa shape index (κ3) is 3.71. The average molecular weight is 259 g/mol. The van der Waals surface area contributed by atoms with Gasteiger partial charge in [0.05, 0.1) is 12.5 Å². The number of nitrogens with one attached hydrogen (secondary N) is 2. The van der Waals surface area contributed by atoms with Crippen molar-refractivity contribution in [2.75, 3.05) is 13.1 Å². The van der Waals surface area contributed by atoms with Crippen LogP contribution >= 0.6 is 12.4 Å². The second kappa shape index (κ2) is 6.61. The van der Waals surface area contributed by atoms with E-state index < -0.39 is 0 Å². The third-order valence-corrected chi connectivity index (χ3v) is 2.99. The maximum absolute atomic E-state index is 11.7. The van der Waals surface area contributed by atoms with Gasteiger partial charge in [0.1, 0.15) is 5.69 Å². The van der Waals surface area contributed by atoms with Crippen LogP contribution in [0.2, 0.25) is 0 Å². The van der Waals surface area contributed by atoms with E-state index in [0.717, 1.165) is 19.5 Å². The molecule has 0 unspecified atom stereocenters. The molecule has 5 nitrogen and oxygen atoms in total. The molecule has 1 amide bonds. The summed E-state index contributed by atoms with van der Waals surface area (Å²) in [6.07, 6.45) is 6.70. The molecule has 0 aromatic carbocycles. The Morgan fingerprint density at radius 3 is 3.12 bits per heavy atom. The van der Waals surface area contributed by atoms with Crippen molar-refractivity contribution in [3.05, 3.63) is 18.2 Å². The zero-order chi connectivity index (χ0) is 11.4. The van der Waals surface area contributed by atoms with E-state index in [4.69, 9.17) is 0 Å². The van der Waals surface area contributed by atoms with E-state index in [1.165, 1.54) is 12.8 Å². The minimum atomic E-state index is -0.0435. The van der Waals surface area contributed by atoms with Gasteiger partial charge >= 0.3 is 0 Å². The Morgan fingerprint density at radius 2 is 2.53 bits per heavy atom. The highest BCUT2D eigenvalue weighted by molar-refractivity contribution is 5.92. The molecule has 0 bridgehead atoms. The first-order chi connectivity index (χ1) is 7.77. The van der Waals surface area contributed by atoms with Gasteiger partial charge < -0.3 is 15.2 Å². The second-order valence-corrected chi connectivity index (χ2v) is 4.23. The first kappa shape index (κ1) is 14.0. The Balaban J connectivity index is 0.00000144. The molecule has 1 aliphatic rings. The largest absolute Gasteiger partial charge is 0.351 e. The molecule has 0 saturated carbocycles. The predicted octanol–water partition coefficient (Wildman–Crippen LogP) is 0.714. The van der Waals surface area contributed by atoms with Crippen LogP contribution < -0.4 is 10.6 Å². The van der Waals surface area contributed by atoms with E-state index in [1.807, 2.05) is 7.05 Å². The quantitative estimate of drug-likeness (QED) is 0.837. The molecular weight excluding hydrogens is 240 g/mol. The van der Waals surface area contributed by atoms with Gasteiger partial charge in [0.15, 0.2) is 0 Å². The predicted molar refractivity (Wildman–Crippen MR) is 68.4 cm³/mol. The lowest BCUT2D eigenvalue weighted by molar-refractivity contribution is 0.0944. The summed E-state index contributed by atoms with van der Waals surface area (Å²) >= 11 is 0. The van der Waals surface area contributed by atoms with Crippen LogP contribution in [0.5, 0.6) is 0 Å². The van der Waals surface area contributed by atoms with Gasteiger partial charge in [-0.25, -0.2) is 4.98 Å². The Labute approximate surface area is 107 Å². The van der Waals surface area contributed by atoms with Gasteiger partial charge in [-0.3, -0.25) is 4.79 Å². The number of amides is 1. The van der Waals surface area contributed by atoms with Gasteiger partial charge in [-0.15, -0.1) is 12.4 Å². The van der Waals surface area contributed by atoms with Crippen molar-refractivity contribution in [2.24, 2.45) is 7.05 Å². The maximum Gasteiger partial charge on any atom is 0.269 e. The van der Waals surface area contributed by atoms with E-state index >= 15 is 0 Å². The molecule has 2 rings (SSSR count). The highest BCUT2D eigenvalue weighted by Gasteiger charge is 2.14. The lowest BCUT2D eigenvalue weighted by atomic mass is 10.1. The van der Waals surface area contributed by atoms with Crippen molar-refractivity contribution in [2.45, 2.75) is 25.3 Å². The molecule has 2 N–H and O–H groups in total. The normalized spacial score (nSPS) is 18.8. The number of nitrogens with zero attached hydrogens (tertiary/aromatic N) is 2. The smallest absolute Gasteiger partial charge is 0.269 e. The van der Waals surface area contributed by atoms with Crippen LogP contribution in [0, 0.1) is 0 Å². The topological polar surface area (TPSA) is 59.0 Å². The zero-order valence-electron chi connectivity index (χ0n) is 9.98. The molecule has 1 saturated heterocycles. The van der Waals surface area contributed by atoms with Gasteiger partial charge in [-0.05, 0) is 25.8 Å². The fraction of sp³-hybridized carbons (Fsp3) is 0.636. The molecule has 96 valence electrons. The molecule has 0 aliphatic carbocycles. The van der Waals surface area contributed by atoms with E-state index in [0.29, 0.717) is 11.7 Å². The SMILES string of the molecule is Cl.Cn1cncc1C(=O)NCC[C@H]1CCCN1. The number of aryl methyl sites for hydroxylation is 1. The molecule has 2 heterocycles. The van der Waals surface area contributed by atoms with Gasteiger partial charge in [-0.2, -0.15) is 0 Å². The number of rotatable bonds is 4. The van der Waals surface area contributed by atoms with Crippen molar-refractivity contribution in [3.63, 3.8) is 0 Å². The van der Waals surface area contributed by atoms with Crippen molar-refractivity contribution >= 4 is 18.3 Å². The first-order valence-corrected chi connectivity index (χ1v) is 5.75. The zero-order valence-corrected chi connectivity index (χ0v) is 10.8. The van der Waals surface area contributed by atoms with Gasteiger partial charge in [0.2, 0.25) is 0 Å². The molecule has 1 aromatic rings. The number of imidazole rings is 1. The maximum atomic E-state index is 11.7. The van der Waals surface area contributed by atoms with E-state index in [9.17, 15) is 4.79 Å². The summed E-state index contributed by atoms with van der Waals surface area (Å²) in [6.45, 7) is 1.84. The monoisotopic (exact) mass is 258 g/mol. The Bertz CT molecular complexity index is 360. The standard InChI is InChI=1S/C11H18N4O.ClH/c1-15-8-12-7-10(15)11(16)14-6-4-9-3-2-5-13-9;/h7-9,13H,2-6H2,1H3,(H,14,16);1H/t9-;/m1./s1. The summed E-state index contributed by atoms with van der Waals surface area (Å²) in [5.41, 5.74) is 0.611. The van der Waals surface area contributed by atoms with Gasteiger partial charge in [-0.1, -0.05) is 0 Å². The number of carbonyl (C=O) groups excluding carboxylic acids is 1. The van der Waals surface area contributed by atoms with Crippen LogP contribution in [0.4, 0.5) is 0 Å². The van der Waals surface area contributed by atoms with Crippen molar-refractivity contribution in [1.82, 2.24) is 20.2 Å². The molecule has 0 spiro atoms. The Morgan fingerprint density at radius 1 is 1.71 bits per heavy atom. The van der Waals surface area contributed by atoms with Crippen LogP contribution in [-0.2, 0) is 7.05 Å². The van der Waals surface area contributed by atoms with E-state index in [1.54, 1.807) is 17.1 Å². The third-order valence-electron chi connectivity index (χ3n) is 2.99. The van der Waals surface area contributed by atoms with Crippen LogP contribution in [0.15, 0.2) is 12.5 Å². The average Bonchev–Trinajstić information content (AvgIpc) is 2.88. The lowest BCUT2D eigenvalue weighted by Crippen LogP contribution is -2.31.